The number of carbonyl (C=O) groups is 1. The molecule has 1 saturated heterocycles. The number of rotatable bonds is 1. The maximum absolute atomic E-state index is 12.7. The van der Waals surface area contributed by atoms with Crippen LogP contribution in [0, 0.1) is 11.7 Å². The van der Waals surface area contributed by atoms with Gasteiger partial charge in [-0.1, -0.05) is 12.1 Å². The molecule has 3 heteroatoms. The Balaban J connectivity index is 2.04. The Labute approximate surface area is 80.7 Å². The maximum Gasteiger partial charge on any atom is 0.317 e. The Bertz CT molecular complexity index is 398. The molecule has 0 unspecified atom stereocenters. The van der Waals surface area contributed by atoms with Gasteiger partial charge in [-0.15, -0.1) is 0 Å². The summed E-state index contributed by atoms with van der Waals surface area (Å²) in [6.07, 6.45) is 0.859. The summed E-state index contributed by atoms with van der Waals surface area (Å²) < 4.78 is 17.7. The van der Waals surface area contributed by atoms with Crippen molar-refractivity contribution in [2.24, 2.45) is 5.92 Å². The van der Waals surface area contributed by atoms with Crippen LogP contribution >= 0.6 is 0 Å². The minimum absolute atomic E-state index is 0.144. The van der Waals surface area contributed by atoms with Crippen molar-refractivity contribution in [2.45, 2.75) is 11.8 Å². The van der Waals surface area contributed by atoms with Gasteiger partial charge in [-0.2, -0.15) is 0 Å². The highest BCUT2D eigenvalue weighted by Gasteiger charge is 2.66. The van der Waals surface area contributed by atoms with Gasteiger partial charge in [-0.3, -0.25) is 4.79 Å². The van der Waals surface area contributed by atoms with Crippen LogP contribution in [0.25, 0.3) is 0 Å². The average molecular weight is 192 g/mol. The van der Waals surface area contributed by atoms with Gasteiger partial charge < -0.3 is 4.74 Å². The molecule has 0 bridgehead atoms. The van der Waals surface area contributed by atoms with E-state index in [0.29, 0.717) is 12.5 Å². The predicted octanol–water partition coefficient (Wildman–Crippen LogP) is 1.64. The summed E-state index contributed by atoms with van der Waals surface area (Å²) in [5.74, 6) is -0.0942. The van der Waals surface area contributed by atoms with Gasteiger partial charge in [0.2, 0.25) is 0 Å². The molecule has 1 aliphatic heterocycles. The summed E-state index contributed by atoms with van der Waals surface area (Å²) in [5.41, 5.74) is 0.472. The predicted molar refractivity (Wildman–Crippen MR) is 47.1 cm³/mol. The van der Waals surface area contributed by atoms with E-state index in [1.54, 1.807) is 12.1 Å². The molecule has 1 aromatic carbocycles. The van der Waals surface area contributed by atoms with Crippen molar-refractivity contribution in [3.05, 3.63) is 35.6 Å². The molecule has 0 aromatic heterocycles. The lowest BCUT2D eigenvalue weighted by Gasteiger charge is -2.08. The third kappa shape index (κ3) is 0.820. The van der Waals surface area contributed by atoms with Crippen LogP contribution in [0.2, 0.25) is 0 Å². The fourth-order valence-corrected chi connectivity index (χ4v) is 2.30. The molecule has 2 fully saturated rings. The molecule has 0 radical (unpaired) electrons. The topological polar surface area (TPSA) is 26.3 Å². The lowest BCUT2D eigenvalue weighted by molar-refractivity contribution is -0.142. The quantitative estimate of drug-likeness (QED) is 0.632. The first-order chi connectivity index (χ1) is 6.73. The van der Waals surface area contributed by atoms with E-state index in [9.17, 15) is 9.18 Å². The Morgan fingerprint density at radius 1 is 1.36 bits per heavy atom. The summed E-state index contributed by atoms with van der Waals surface area (Å²) in [7, 11) is 0. The molecule has 1 saturated carbocycles. The highest BCUT2D eigenvalue weighted by Crippen LogP contribution is 2.58. The maximum atomic E-state index is 12.7. The van der Waals surface area contributed by atoms with Crippen molar-refractivity contribution in [3.8, 4) is 0 Å². The molecular weight excluding hydrogens is 183 g/mol. The Morgan fingerprint density at radius 3 is 2.57 bits per heavy atom. The van der Waals surface area contributed by atoms with Crippen molar-refractivity contribution in [1.29, 1.82) is 0 Å². The van der Waals surface area contributed by atoms with E-state index in [4.69, 9.17) is 4.74 Å². The first kappa shape index (κ1) is 7.97. The lowest BCUT2D eigenvalue weighted by atomic mass is 9.95. The Hall–Kier alpha value is -1.38. The molecule has 2 atom stereocenters. The van der Waals surface area contributed by atoms with Crippen LogP contribution in [-0.4, -0.2) is 12.6 Å². The molecule has 1 aromatic rings. The van der Waals surface area contributed by atoms with Crippen molar-refractivity contribution in [3.63, 3.8) is 0 Å². The number of benzene rings is 1. The zero-order valence-corrected chi connectivity index (χ0v) is 7.50. The van der Waals surface area contributed by atoms with Crippen LogP contribution < -0.4 is 0 Å². The van der Waals surface area contributed by atoms with Gasteiger partial charge in [-0.25, -0.2) is 4.39 Å². The fourth-order valence-electron chi connectivity index (χ4n) is 2.30. The Kier molecular flexibility index (Phi) is 1.34. The smallest absolute Gasteiger partial charge is 0.317 e. The molecule has 1 aliphatic carbocycles. The van der Waals surface area contributed by atoms with Crippen LogP contribution in [-0.2, 0) is 14.9 Å². The molecule has 1 heterocycles. The van der Waals surface area contributed by atoms with E-state index in [1.807, 2.05) is 0 Å². The van der Waals surface area contributed by atoms with Crippen LogP contribution in [0.1, 0.15) is 12.0 Å². The summed E-state index contributed by atoms with van der Waals surface area (Å²) >= 11 is 0. The van der Waals surface area contributed by atoms with E-state index >= 15 is 0 Å². The standard InChI is InChI=1S/C11H9FO2/c12-9-3-1-7(2-4-9)11-5-8(11)6-14-10(11)13/h1-4,8H,5-6H2/t8-,11+/m0/s1. The van der Waals surface area contributed by atoms with Crippen molar-refractivity contribution < 1.29 is 13.9 Å². The molecule has 72 valence electrons. The molecule has 14 heavy (non-hydrogen) atoms. The zero-order valence-electron chi connectivity index (χ0n) is 7.50. The van der Waals surface area contributed by atoms with Crippen LogP contribution in [0.5, 0.6) is 0 Å². The molecule has 0 spiro atoms. The second-order valence-electron chi connectivity index (χ2n) is 3.98. The number of esters is 1. The number of cyclic esters (lactones) is 1. The summed E-state index contributed by atoms with van der Waals surface area (Å²) in [5, 5.41) is 0. The monoisotopic (exact) mass is 192 g/mol. The number of hydrogen-bond donors (Lipinski definition) is 0. The van der Waals surface area contributed by atoms with Gasteiger partial charge in [0.25, 0.3) is 0 Å². The number of carbonyl (C=O) groups excluding carboxylic acids is 1. The number of ether oxygens (including phenoxy) is 1. The van der Waals surface area contributed by atoms with Gasteiger partial charge in [0.05, 0.1) is 12.0 Å². The SMILES string of the molecule is O=C1OC[C@@H]2C[C@]12c1ccc(F)cc1. The molecule has 2 aliphatic rings. The number of fused-ring (bicyclic) bond motifs is 1. The van der Waals surface area contributed by atoms with Crippen molar-refractivity contribution in [1.82, 2.24) is 0 Å². The van der Waals surface area contributed by atoms with Crippen molar-refractivity contribution >= 4 is 5.97 Å². The van der Waals surface area contributed by atoms with Gasteiger partial charge in [-0.05, 0) is 24.1 Å². The fraction of sp³-hybridized carbons (Fsp3) is 0.364. The van der Waals surface area contributed by atoms with E-state index in [1.165, 1.54) is 12.1 Å². The van der Waals surface area contributed by atoms with E-state index < -0.39 is 5.41 Å². The summed E-state index contributed by atoms with van der Waals surface area (Å²) in [6.45, 7) is 0.524. The van der Waals surface area contributed by atoms with Gasteiger partial charge in [0.1, 0.15) is 5.82 Å². The number of hydrogen-bond acceptors (Lipinski definition) is 2. The minimum Gasteiger partial charge on any atom is -0.465 e. The van der Waals surface area contributed by atoms with Crippen LogP contribution in [0.4, 0.5) is 4.39 Å². The third-order valence-electron chi connectivity index (χ3n) is 3.24. The Morgan fingerprint density at radius 2 is 2.07 bits per heavy atom. The minimum atomic E-state index is -0.423. The van der Waals surface area contributed by atoms with E-state index in [-0.39, 0.29) is 11.8 Å². The molecule has 2 nitrogen and oxygen atoms in total. The molecule has 0 amide bonds. The second-order valence-corrected chi connectivity index (χ2v) is 3.98. The zero-order chi connectivity index (χ0) is 9.76. The summed E-state index contributed by atoms with van der Waals surface area (Å²) in [4.78, 5) is 11.5. The lowest BCUT2D eigenvalue weighted by Crippen LogP contribution is -2.18. The van der Waals surface area contributed by atoms with E-state index in [0.717, 1.165) is 12.0 Å². The molecule has 0 N–H and O–H groups in total. The number of halogens is 1. The van der Waals surface area contributed by atoms with Gasteiger partial charge >= 0.3 is 5.97 Å². The summed E-state index contributed by atoms with van der Waals surface area (Å²) in [6, 6.07) is 6.15. The van der Waals surface area contributed by atoms with Gasteiger partial charge in [0, 0.05) is 5.92 Å². The first-order valence-electron chi connectivity index (χ1n) is 4.67. The van der Waals surface area contributed by atoms with Crippen molar-refractivity contribution in [2.75, 3.05) is 6.61 Å². The average Bonchev–Trinajstić information content (AvgIpc) is 2.84. The normalized spacial score (nSPS) is 33.8. The van der Waals surface area contributed by atoms with Crippen LogP contribution in [0.15, 0.2) is 24.3 Å². The van der Waals surface area contributed by atoms with Crippen LogP contribution in [0.3, 0.4) is 0 Å². The molecular formula is C11H9FO2. The second kappa shape index (κ2) is 2.35. The van der Waals surface area contributed by atoms with Gasteiger partial charge in [0.15, 0.2) is 0 Å². The third-order valence-corrected chi connectivity index (χ3v) is 3.24. The first-order valence-corrected chi connectivity index (χ1v) is 4.67. The molecule has 3 rings (SSSR count). The van der Waals surface area contributed by atoms with E-state index in [2.05, 4.69) is 0 Å². The highest BCUT2D eigenvalue weighted by atomic mass is 19.1. The highest BCUT2D eigenvalue weighted by molar-refractivity contribution is 5.89. The largest absolute Gasteiger partial charge is 0.465 e.